The summed E-state index contributed by atoms with van der Waals surface area (Å²) in [5, 5.41) is 10.6. The highest BCUT2D eigenvalue weighted by Crippen LogP contribution is 2.29. The summed E-state index contributed by atoms with van der Waals surface area (Å²) in [6.07, 6.45) is 3.49. The molecular weight excluding hydrogens is 379 g/mol. The lowest BCUT2D eigenvalue weighted by atomic mass is 10.2. The molecule has 130 valence electrons. The van der Waals surface area contributed by atoms with Gasteiger partial charge in [0, 0.05) is 30.8 Å². The maximum atomic E-state index is 6.08. The average molecular weight is 395 g/mol. The lowest BCUT2D eigenvalue weighted by Gasteiger charge is -2.10. The molecule has 0 atom stereocenters. The number of benzene rings is 1. The van der Waals surface area contributed by atoms with Gasteiger partial charge < -0.3 is 4.74 Å². The number of thioether (sulfide) groups is 1. The van der Waals surface area contributed by atoms with Gasteiger partial charge in [-0.2, -0.15) is 0 Å². The summed E-state index contributed by atoms with van der Waals surface area (Å²) in [5.41, 5.74) is 2.05. The van der Waals surface area contributed by atoms with Crippen molar-refractivity contribution in [3.05, 3.63) is 58.3 Å². The van der Waals surface area contributed by atoms with Crippen LogP contribution in [0.4, 0.5) is 0 Å². The summed E-state index contributed by atoms with van der Waals surface area (Å²) in [5.74, 6) is 1.52. The third-order valence-electron chi connectivity index (χ3n) is 3.53. The van der Waals surface area contributed by atoms with Crippen molar-refractivity contribution >= 4 is 35.0 Å². The number of nitrogens with zero attached hydrogens (tertiary/aromatic N) is 4. The number of rotatable bonds is 7. The van der Waals surface area contributed by atoms with Crippen LogP contribution in [0.15, 0.2) is 47.9 Å². The molecule has 0 radical (unpaired) electrons. The molecule has 3 aromatic rings. The molecule has 1 aromatic carbocycles. The van der Waals surface area contributed by atoms with Crippen molar-refractivity contribution in [2.24, 2.45) is 0 Å². The SMILES string of the molecule is COCCn1c(SCc2ccc(Cl)c(Cl)c2)nnc1-c1ccncc1. The molecule has 2 aromatic heterocycles. The first-order valence-corrected chi connectivity index (χ1v) is 9.32. The second kappa shape index (κ2) is 8.67. The second-order valence-electron chi connectivity index (χ2n) is 5.22. The Morgan fingerprint density at radius 1 is 1.08 bits per heavy atom. The summed E-state index contributed by atoms with van der Waals surface area (Å²) in [6.45, 7) is 1.25. The molecule has 0 aliphatic rings. The van der Waals surface area contributed by atoms with Crippen LogP contribution in [-0.4, -0.2) is 33.5 Å². The molecule has 25 heavy (non-hydrogen) atoms. The zero-order chi connectivity index (χ0) is 17.6. The van der Waals surface area contributed by atoms with E-state index < -0.39 is 0 Å². The minimum atomic E-state index is 0.554. The highest BCUT2D eigenvalue weighted by molar-refractivity contribution is 7.98. The lowest BCUT2D eigenvalue weighted by molar-refractivity contribution is 0.185. The van der Waals surface area contributed by atoms with Crippen LogP contribution in [0.5, 0.6) is 0 Å². The van der Waals surface area contributed by atoms with Crippen molar-refractivity contribution in [1.82, 2.24) is 19.7 Å². The molecule has 0 amide bonds. The van der Waals surface area contributed by atoms with Crippen molar-refractivity contribution in [3.63, 3.8) is 0 Å². The van der Waals surface area contributed by atoms with Gasteiger partial charge in [-0.15, -0.1) is 10.2 Å². The average Bonchev–Trinajstić information content (AvgIpc) is 3.04. The Bertz CT molecular complexity index is 842. The van der Waals surface area contributed by atoms with E-state index in [4.69, 9.17) is 27.9 Å². The van der Waals surface area contributed by atoms with Gasteiger partial charge in [0.2, 0.25) is 0 Å². The Balaban J connectivity index is 1.82. The van der Waals surface area contributed by atoms with E-state index in [-0.39, 0.29) is 0 Å². The first kappa shape index (κ1) is 18.2. The summed E-state index contributed by atoms with van der Waals surface area (Å²) < 4.78 is 7.28. The molecule has 0 fully saturated rings. The number of hydrogen-bond acceptors (Lipinski definition) is 5. The van der Waals surface area contributed by atoms with Crippen molar-refractivity contribution < 1.29 is 4.74 Å². The van der Waals surface area contributed by atoms with Crippen molar-refractivity contribution in [2.75, 3.05) is 13.7 Å². The summed E-state index contributed by atoms with van der Waals surface area (Å²) in [6, 6.07) is 9.47. The third-order valence-corrected chi connectivity index (χ3v) is 5.30. The minimum Gasteiger partial charge on any atom is -0.383 e. The van der Waals surface area contributed by atoms with Crippen LogP contribution >= 0.6 is 35.0 Å². The van der Waals surface area contributed by atoms with Gasteiger partial charge in [-0.25, -0.2) is 0 Å². The fraction of sp³-hybridized carbons (Fsp3) is 0.235. The highest BCUT2D eigenvalue weighted by Gasteiger charge is 2.14. The topological polar surface area (TPSA) is 52.8 Å². The Morgan fingerprint density at radius 3 is 2.60 bits per heavy atom. The molecule has 0 saturated carbocycles. The summed E-state index contributed by atoms with van der Waals surface area (Å²) >= 11 is 13.6. The number of methoxy groups -OCH3 is 1. The monoisotopic (exact) mass is 394 g/mol. The van der Waals surface area contributed by atoms with E-state index in [2.05, 4.69) is 19.7 Å². The Kier molecular flexibility index (Phi) is 6.31. The smallest absolute Gasteiger partial charge is 0.191 e. The van der Waals surface area contributed by atoms with Crippen molar-refractivity contribution in [1.29, 1.82) is 0 Å². The molecule has 0 bridgehead atoms. The van der Waals surface area contributed by atoms with Gasteiger partial charge in [0.1, 0.15) is 0 Å². The normalized spacial score (nSPS) is 11.0. The van der Waals surface area contributed by atoms with E-state index in [1.54, 1.807) is 37.3 Å². The molecule has 5 nitrogen and oxygen atoms in total. The zero-order valence-corrected chi connectivity index (χ0v) is 15.9. The predicted molar refractivity (Wildman–Crippen MR) is 101 cm³/mol. The first-order valence-electron chi connectivity index (χ1n) is 7.58. The number of pyridine rings is 1. The van der Waals surface area contributed by atoms with E-state index in [0.717, 1.165) is 27.9 Å². The fourth-order valence-corrected chi connectivity index (χ4v) is 3.50. The molecular formula is C17H16Cl2N4OS. The molecule has 8 heteroatoms. The Labute approximate surface area is 160 Å². The van der Waals surface area contributed by atoms with Crippen LogP contribution < -0.4 is 0 Å². The van der Waals surface area contributed by atoms with E-state index in [1.807, 2.05) is 24.3 Å². The molecule has 0 spiro atoms. The van der Waals surface area contributed by atoms with Gasteiger partial charge in [-0.3, -0.25) is 9.55 Å². The minimum absolute atomic E-state index is 0.554. The van der Waals surface area contributed by atoms with Crippen LogP contribution in [0.1, 0.15) is 5.56 Å². The van der Waals surface area contributed by atoms with Gasteiger partial charge >= 0.3 is 0 Å². The van der Waals surface area contributed by atoms with Gasteiger partial charge in [0.05, 0.1) is 23.2 Å². The Morgan fingerprint density at radius 2 is 1.88 bits per heavy atom. The summed E-state index contributed by atoms with van der Waals surface area (Å²) in [7, 11) is 1.68. The molecule has 0 unspecified atom stereocenters. The molecule has 0 aliphatic heterocycles. The number of halogens is 2. The largest absolute Gasteiger partial charge is 0.383 e. The van der Waals surface area contributed by atoms with Crippen LogP contribution in [0.2, 0.25) is 10.0 Å². The molecule has 0 aliphatic carbocycles. The maximum Gasteiger partial charge on any atom is 0.191 e. The second-order valence-corrected chi connectivity index (χ2v) is 6.98. The molecule has 3 rings (SSSR count). The summed E-state index contributed by atoms with van der Waals surface area (Å²) in [4.78, 5) is 4.05. The lowest BCUT2D eigenvalue weighted by Crippen LogP contribution is -2.07. The van der Waals surface area contributed by atoms with Crippen LogP contribution in [0, 0.1) is 0 Å². The molecule has 0 N–H and O–H groups in total. The third kappa shape index (κ3) is 4.52. The van der Waals surface area contributed by atoms with E-state index in [9.17, 15) is 0 Å². The fourth-order valence-electron chi connectivity index (χ4n) is 2.27. The van der Waals surface area contributed by atoms with Crippen LogP contribution in [0.25, 0.3) is 11.4 Å². The van der Waals surface area contributed by atoms with Crippen LogP contribution in [0.3, 0.4) is 0 Å². The van der Waals surface area contributed by atoms with E-state index in [1.165, 1.54) is 0 Å². The van der Waals surface area contributed by atoms with E-state index in [0.29, 0.717) is 23.2 Å². The Hall–Kier alpha value is -1.60. The van der Waals surface area contributed by atoms with Crippen molar-refractivity contribution in [2.45, 2.75) is 17.5 Å². The first-order chi connectivity index (χ1) is 12.2. The van der Waals surface area contributed by atoms with Crippen molar-refractivity contribution in [3.8, 4) is 11.4 Å². The number of hydrogen-bond donors (Lipinski definition) is 0. The zero-order valence-electron chi connectivity index (χ0n) is 13.5. The van der Waals surface area contributed by atoms with E-state index >= 15 is 0 Å². The van der Waals surface area contributed by atoms with Gasteiger partial charge in [-0.1, -0.05) is 41.0 Å². The predicted octanol–water partition coefficient (Wildman–Crippen LogP) is 4.59. The van der Waals surface area contributed by atoms with Gasteiger partial charge in [0.15, 0.2) is 11.0 Å². The standard InChI is InChI=1S/C17H16Cl2N4OS/c1-24-9-8-23-16(13-4-6-20-7-5-13)21-22-17(23)25-11-12-2-3-14(18)15(19)10-12/h2-7,10H,8-9,11H2,1H3. The maximum absolute atomic E-state index is 6.08. The number of ether oxygens (including phenoxy) is 1. The highest BCUT2D eigenvalue weighted by atomic mass is 35.5. The molecule has 0 saturated heterocycles. The molecule has 2 heterocycles. The van der Waals surface area contributed by atoms with Crippen LogP contribution in [-0.2, 0) is 17.0 Å². The van der Waals surface area contributed by atoms with Gasteiger partial charge in [0.25, 0.3) is 0 Å². The van der Waals surface area contributed by atoms with Gasteiger partial charge in [-0.05, 0) is 29.8 Å². The number of aromatic nitrogens is 4. The quantitative estimate of drug-likeness (QED) is 0.548.